The highest BCUT2D eigenvalue weighted by Gasteiger charge is 2.51. The molecule has 2 fully saturated rings. The number of imidazole rings is 2. The molecule has 320 valence electrons. The zero-order chi connectivity index (χ0) is 43.4. The zero-order valence-corrected chi connectivity index (χ0v) is 33.4. The van der Waals surface area contributed by atoms with E-state index in [9.17, 15) is 34.8 Å². The minimum Gasteiger partial charge on any atom is -0.394 e. The first-order valence-corrected chi connectivity index (χ1v) is 20.2. The first-order valence-electron chi connectivity index (χ1n) is 18.7. The van der Waals surface area contributed by atoms with Crippen LogP contribution in [-0.2, 0) is 32.4 Å². The predicted octanol–water partition coefficient (Wildman–Crippen LogP) is 3.69. The van der Waals surface area contributed by atoms with E-state index >= 15 is 4.39 Å². The monoisotopic (exact) mass is 864 g/mol. The molecule has 2 saturated heterocycles. The molecule has 0 spiro atoms. The van der Waals surface area contributed by atoms with Crippen molar-refractivity contribution in [2.75, 3.05) is 30.5 Å². The summed E-state index contributed by atoms with van der Waals surface area (Å²) in [5.41, 5.74) is 8.99. The van der Waals surface area contributed by atoms with Gasteiger partial charge in [0.25, 0.3) is 11.5 Å². The van der Waals surface area contributed by atoms with Gasteiger partial charge in [-0.25, -0.2) is 28.9 Å². The SMILES string of the molecule is CC(C)C(=O)Nc1nc2c(ncn2C2OC(CO)C(C)C2OP(=O)(OCCC#N)OCC2OC(n3cnc4c(NC(=O)c5ccccc5)ncnc43)C(F)C2N=[N+]=[N-])c(=O)[nH]1. The van der Waals surface area contributed by atoms with Gasteiger partial charge in [0, 0.05) is 22.3 Å². The van der Waals surface area contributed by atoms with Crippen molar-refractivity contribution in [1.82, 2.24) is 39.0 Å². The molecule has 5 aromatic rings. The number of hydrogen-bond acceptors (Lipinski definition) is 17. The number of ether oxygens (including phenoxy) is 2. The van der Waals surface area contributed by atoms with E-state index in [1.807, 2.05) is 6.07 Å². The Hall–Kier alpha value is -6.22. The molecule has 2 aliphatic heterocycles. The Morgan fingerprint density at radius 3 is 2.51 bits per heavy atom. The fourth-order valence-electron chi connectivity index (χ4n) is 6.64. The molecule has 0 radical (unpaired) electrons. The maximum Gasteiger partial charge on any atom is 0.475 e. The Morgan fingerprint density at radius 2 is 1.80 bits per heavy atom. The zero-order valence-electron chi connectivity index (χ0n) is 32.5. The number of carbonyl (C=O) groups is 2. The first kappa shape index (κ1) is 42.9. The van der Waals surface area contributed by atoms with Gasteiger partial charge in [0.1, 0.15) is 18.5 Å². The second-order valence-electron chi connectivity index (χ2n) is 14.1. The molecule has 9 atom stereocenters. The summed E-state index contributed by atoms with van der Waals surface area (Å²) in [5, 5.41) is 28.2. The number of anilines is 2. The summed E-state index contributed by atoms with van der Waals surface area (Å²) >= 11 is 0. The first-order chi connectivity index (χ1) is 29.4. The highest BCUT2D eigenvalue weighted by atomic mass is 31.2. The van der Waals surface area contributed by atoms with Crippen LogP contribution in [0.1, 0.15) is 50.0 Å². The van der Waals surface area contributed by atoms with Crippen molar-refractivity contribution in [3.05, 3.63) is 75.7 Å². The largest absolute Gasteiger partial charge is 0.475 e. The smallest absolute Gasteiger partial charge is 0.394 e. The Balaban J connectivity index is 1.14. The van der Waals surface area contributed by atoms with Crippen molar-refractivity contribution in [3.63, 3.8) is 0 Å². The van der Waals surface area contributed by atoms with Crippen LogP contribution in [0.25, 0.3) is 32.8 Å². The summed E-state index contributed by atoms with van der Waals surface area (Å²) in [5.74, 6) is -2.26. The van der Waals surface area contributed by atoms with Gasteiger partial charge in [-0.05, 0) is 17.7 Å². The summed E-state index contributed by atoms with van der Waals surface area (Å²) in [6, 6.07) is 8.62. The van der Waals surface area contributed by atoms with Crippen molar-refractivity contribution < 1.29 is 46.7 Å². The number of benzene rings is 1. The molecular formula is C35H38FN14O10P. The van der Waals surface area contributed by atoms with Crippen LogP contribution in [0.5, 0.6) is 0 Å². The average molecular weight is 865 g/mol. The molecule has 6 heterocycles. The van der Waals surface area contributed by atoms with Gasteiger partial charge in [-0.2, -0.15) is 10.2 Å². The van der Waals surface area contributed by atoms with Gasteiger partial charge in [0.2, 0.25) is 11.9 Å². The summed E-state index contributed by atoms with van der Waals surface area (Å²) < 4.78 is 62.7. The third kappa shape index (κ3) is 8.83. The maximum atomic E-state index is 16.3. The molecule has 4 aromatic heterocycles. The molecular weight excluding hydrogens is 826 g/mol. The van der Waals surface area contributed by atoms with Gasteiger partial charge in [0.05, 0.1) is 57.2 Å². The van der Waals surface area contributed by atoms with E-state index in [-0.39, 0.29) is 40.5 Å². The number of fused-ring (bicyclic) bond motifs is 2. The number of amides is 2. The van der Waals surface area contributed by atoms with Crippen molar-refractivity contribution in [2.45, 2.75) is 70.2 Å². The van der Waals surface area contributed by atoms with E-state index in [1.54, 1.807) is 51.1 Å². The number of hydrogen-bond donors (Lipinski definition) is 4. The van der Waals surface area contributed by atoms with E-state index in [2.05, 4.69) is 50.6 Å². The number of phosphoric acid groups is 1. The number of nitriles is 1. The normalized spacial score (nSPS) is 24.7. The van der Waals surface area contributed by atoms with Crippen LogP contribution in [0.4, 0.5) is 16.2 Å². The van der Waals surface area contributed by atoms with Crippen LogP contribution in [0.2, 0.25) is 0 Å². The highest BCUT2D eigenvalue weighted by molar-refractivity contribution is 7.48. The third-order valence-corrected chi connectivity index (χ3v) is 11.3. The molecule has 0 saturated carbocycles. The van der Waals surface area contributed by atoms with Gasteiger partial charge in [-0.1, -0.05) is 44.1 Å². The lowest BCUT2D eigenvalue weighted by molar-refractivity contribution is -0.118. The summed E-state index contributed by atoms with van der Waals surface area (Å²) in [6.45, 7) is 3.19. The Labute approximate surface area is 343 Å². The topological polar surface area (TPSA) is 321 Å². The number of phosphoric ester groups is 1. The Morgan fingerprint density at radius 1 is 1.08 bits per heavy atom. The van der Waals surface area contributed by atoms with E-state index in [0.717, 1.165) is 6.33 Å². The van der Waals surface area contributed by atoms with E-state index in [1.165, 1.54) is 21.8 Å². The van der Waals surface area contributed by atoms with Gasteiger partial charge < -0.3 is 19.9 Å². The van der Waals surface area contributed by atoms with Gasteiger partial charge in [-0.3, -0.25) is 47.4 Å². The molecule has 2 amide bonds. The molecule has 24 nitrogen and oxygen atoms in total. The van der Waals surface area contributed by atoms with Crippen LogP contribution >= 0.6 is 7.82 Å². The minimum absolute atomic E-state index is 0.0292. The number of nitrogens with one attached hydrogen (secondary N) is 3. The summed E-state index contributed by atoms with van der Waals surface area (Å²) in [4.78, 5) is 64.5. The lowest BCUT2D eigenvalue weighted by Gasteiger charge is -2.27. The number of rotatable bonds is 16. The number of aliphatic hydroxyl groups excluding tert-OH is 1. The molecule has 61 heavy (non-hydrogen) atoms. The average Bonchev–Trinajstić information content (AvgIpc) is 4.02. The van der Waals surface area contributed by atoms with Gasteiger partial charge in [-0.15, -0.1) is 0 Å². The number of halogens is 1. The van der Waals surface area contributed by atoms with E-state index < -0.39 is 99.8 Å². The van der Waals surface area contributed by atoms with Crippen LogP contribution in [0.3, 0.4) is 0 Å². The number of nitrogens with zero attached hydrogens (tertiary/aromatic N) is 11. The number of aromatic amines is 1. The molecule has 0 aliphatic carbocycles. The molecule has 4 N–H and O–H groups in total. The number of alkyl halides is 1. The van der Waals surface area contributed by atoms with Crippen LogP contribution in [0, 0.1) is 23.2 Å². The van der Waals surface area contributed by atoms with Crippen molar-refractivity contribution >= 4 is 53.7 Å². The van der Waals surface area contributed by atoms with Crippen LogP contribution in [0.15, 0.2) is 59.2 Å². The molecule has 1 aromatic carbocycles. The minimum atomic E-state index is -4.81. The molecule has 0 bridgehead atoms. The number of aromatic nitrogens is 8. The molecule has 26 heteroatoms. The maximum absolute atomic E-state index is 16.3. The van der Waals surface area contributed by atoms with Gasteiger partial charge in [0.15, 0.2) is 46.8 Å². The number of H-pyrrole nitrogens is 1. The third-order valence-electron chi connectivity index (χ3n) is 9.84. The summed E-state index contributed by atoms with van der Waals surface area (Å²) in [6.07, 6.45) is -5.20. The molecule has 9 unspecified atom stereocenters. The fraction of sp³-hybridized carbons (Fsp3) is 0.457. The van der Waals surface area contributed by atoms with Crippen LogP contribution in [-0.4, -0.2) is 106 Å². The number of azide groups is 1. The Kier molecular flexibility index (Phi) is 12.8. The number of aliphatic hydroxyl groups is 1. The quantitative estimate of drug-likeness (QED) is 0.0361. The molecule has 2 aliphatic rings. The predicted molar refractivity (Wildman–Crippen MR) is 208 cm³/mol. The second kappa shape index (κ2) is 18.2. The Bertz CT molecular complexity index is 2610. The lowest BCUT2D eigenvalue weighted by Crippen LogP contribution is -2.31. The fourth-order valence-corrected chi connectivity index (χ4v) is 8.08. The summed E-state index contributed by atoms with van der Waals surface area (Å²) in [7, 11) is -4.81. The van der Waals surface area contributed by atoms with Crippen molar-refractivity contribution in [2.24, 2.45) is 17.0 Å². The van der Waals surface area contributed by atoms with Crippen molar-refractivity contribution in [3.8, 4) is 6.07 Å². The van der Waals surface area contributed by atoms with Gasteiger partial charge >= 0.3 is 7.82 Å². The van der Waals surface area contributed by atoms with E-state index in [0.29, 0.717) is 5.56 Å². The van der Waals surface area contributed by atoms with E-state index in [4.69, 9.17) is 23.0 Å². The second-order valence-corrected chi connectivity index (χ2v) is 15.7. The standard InChI is InChI=1S/C35H38FN14O10P/c1-17(2)30(52)45-35-44-29-25(32(54)46-35)42-16-50(29)34-26(18(3)20(12-51)58-34)60-61(55,56-11-7-10-37)57-13-21-23(47-48-38)22(36)33(59-21)49-15-41-24-27(39-14-40-28(24)49)43-31(53)19-8-5-4-6-9-19/h4-6,8-9,14-18,20-23,26,33-34,51H,7,11-13H2,1-3H3,(H,39,40,43,53)(H2,44,45,46,52,54). The molecule has 7 rings (SSSR count). The van der Waals surface area contributed by atoms with Crippen molar-refractivity contribution in [1.29, 1.82) is 5.26 Å². The highest BCUT2D eigenvalue weighted by Crippen LogP contribution is 2.55. The van der Waals surface area contributed by atoms with Crippen LogP contribution < -0.4 is 16.2 Å². The number of carbonyl (C=O) groups excluding carboxylic acids is 2. The lowest BCUT2D eigenvalue weighted by atomic mass is 10.0.